The fourth-order valence-electron chi connectivity index (χ4n) is 1.62. The minimum Gasteiger partial charge on any atom is -0.426 e. The maximum Gasteiger partial charge on any atom is 0.314 e. The summed E-state index contributed by atoms with van der Waals surface area (Å²) >= 11 is 5.76. The number of carbonyl (C=O) groups excluding carboxylic acids is 1. The number of hydrogen-bond acceptors (Lipinski definition) is 3. The monoisotopic (exact) mass is 276 g/mol. The van der Waals surface area contributed by atoms with Crippen molar-refractivity contribution in [1.29, 1.82) is 0 Å². The molecule has 2 aromatic rings. The molecule has 0 saturated heterocycles. The number of halogens is 1. The topological polar surface area (TPSA) is 46.5 Å². The molecule has 2 aromatic carbocycles. The predicted molar refractivity (Wildman–Crippen MR) is 73.1 cm³/mol. The standard InChI is InChI=1S/C15H13ClO3/c16-12-8-6-11(7-9-12)14(17)10-15(18)19-13-4-2-1-3-5-13/h1-9,14,17H,10H2/t14-/m0/s1. The zero-order chi connectivity index (χ0) is 13.7. The van der Waals surface area contributed by atoms with Gasteiger partial charge in [0.25, 0.3) is 0 Å². The van der Waals surface area contributed by atoms with E-state index in [0.717, 1.165) is 0 Å². The van der Waals surface area contributed by atoms with Gasteiger partial charge in [-0.3, -0.25) is 4.79 Å². The molecular formula is C15H13ClO3. The molecule has 0 fully saturated rings. The van der Waals surface area contributed by atoms with Gasteiger partial charge in [-0.1, -0.05) is 41.9 Å². The normalized spacial score (nSPS) is 11.9. The van der Waals surface area contributed by atoms with Crippen molar-refractivity contribution < 1.29 is 14.6 Å². The highest BCUT2D eigenvalue weighted by Crippen LogP contribution is 2.20. The number of para-hydroxylation sites is 1. The largest absolute Gasteiger partial charge is 0.426 e. The fourth-order valence-corrected chi connectivity index (χ4v) is 1.75. The van der Waals surface area contributed by atoms with Crippen LogP contribution in [0.4, 0.5) is 0 Å². The molecule has 3 nitrogen and oxygen atoms in total. The predicted octanol–water partition coefficient (Wildman–Crippen LogP) is 3.37. The number of esters is 1. The molecule has 4 heteroatoms. The second-order valence-corrected chi connectivity index (χ2v) is 4.50. The first-order valence-corrected chi connectivity index (χ1v) is 6.22. The van der Waals surface area contributed by atoms with Crippen LogP contribution in [0.15, 0.2) is 54.6 Å². The molecule has 0 bridgehead atoms. The zero-order valence-electron chi connectivity index (χ0n) is 10.1. The summed E-state index contributed by atoms with van der Waals surface area (Å²) in [6, 6.07) is 15.5. The molecule has 0 aliphatic rings. The van der Waals surface area contributed by atoms with E-state index < -0.39 is 12.1 Å². The van der Waals surface area contributed by atoms with E-state index >= 15 is 0 Å². The second kappa shape index (κ2) is 6.36. The lowest BCUT2D eigenvalue weighted by Crippen LogP contribution is -2.12. The number of ether oxygens (including phenoxy) is 1. The Morgan fingerprint density at radius 1 is 1.11 bits per heavy atom. The molecular weight excluding hydrogens is 264 g/mol. The SMILES string of the molecule is O=C(C[C@H](O)c1ccc(Cl)cc1)Oc1ccccc1. The molecule has 0 heterocycles. The molecule has 0 unspecified atom stereocenters. The summed E-state index contributed by atoms with van der Waals surface area (Å²) in [5.41, 5.74) is 0.634. The van der Waals surface area contributed by atoms with Crippen LogP contribution < -0.4 is 4.74 Å². The summed E-state index contributed by atoms with van der Waals surface area (Å²) in [5, 5.41) is 10.5. The lowest BCUT2D eigenvalue weighted by Gasteiger charge is -2.10. The highest BCUT2D eigenvalue weighted by atomic mass is 35.5. The van der Waals surface area contributed by atoms with Gasteiger partial charge < -0.3 is 9.84 Å². The van der Waals surface area contributed by atoms with E-state index in [4.69, 9.17) is 16.3 Å². The van der Waals surface area contributed by atoms with Crippen LogP contribution in [-0.2, 0) is 4.79 Å². The minimum absolute atomic E-state index is 0.101. The second-order valence-electron chi connectivity index (χ2n) is 4.06. The molecule has 0 aliphatic carbocycles. The molecule has 1 atom stereocenters. The number of aliphatic hydroxyl groups is 1. The Bertz CT molecular complexity index is 537. The van der Waals surface area contributed by atoms with Gasteiger partial charge in [-0.2, -0.15) is 0 Å². The van der Waals surface area contributed by atoms with Crippen LogP contribution in [0, 0.1) is 0 Å². The molecule has 19 heavy (non-hydrogen) atoms. The van der Waals surface area contributed by atoms with Crippen molar-refractivity contribution in [2.24, 2.45) is 0 Å². The van der Waals surface area contributed by atoms with Crippen molar-refractivity contribution in [3.8, 4) is 5.75 Å². The van der Waals surface area contributed by atoms with Gasteiger partial charge in [0.1, 0.15) is 5.75 Å². The number of hydrogen-bond donors (Lipinski definition) is 1. The van der Waals surface area contributed by atoms with E-state index in [2.05, 4.69) is 0 Å². The summed E-state index contributed by atoms with van der Waals surface area (Å²) in [7, 11) is 0. The minimum atomic E-state index is -0.895. The number of aliphatic hydroxyl groups excluding tert-OH is 1. The summed E-state index contributed by atoms with van der Waals surface area (Å²) in [5.74, 6) is -0.00976. The van der Waals surface area contributed by atoms with Crippen LogP contribution in [0.25, 0.3) is 0 Å². The average Bonchev–Trinajstić information content (AvgIpc) is 2.40. The number of benzene rings is 2. The van der Waals surface area contributed by atoms with Crippen LogP contribution in [0.3, 0.4) is 0 Å². The van der Waals surface area contributed by atoms with Crippen LogP contribution in [-0.4, -0.2) is 11.1 Å². The Morgan fingerprint density at radius 3 is 2.37 bits per heavy atom. The molecule has 0 spiro atoms. The molecule has 0 radical (unpaired) electrons. The highest BCUT2D eigenvalue weighted by molar-refractivity contribution is 6.30. The first-order chi connectivity index (χ1) is 9.15. The summed E-state index contributed by atoms with van der Waals surface area (Å²) < 4.78 is 5.11. The van der Waals surface area contributed by atoms with Crippen LogP contribution in [0.2, 0.25) is 5.02 Å². The van der Waals surface area contributed by atoms with Crippen molar-refractivity contribution in [2.75, 3.05) is 0 Å². The zero-order valence-corrected chi connectivity index (χ0v) is 10.9. The Hall–Kier alpha value is -1.84. The van der Waals surface area contributed by atoms with E-state index in [1.807, 2.05) is 6.07 Å². The summed E-state index contributed by atoms with van der Waals surface area (Å²) in [6.07, 6.45) is -0.996. The smallest absolute Gasteiger partial charge is 0.314 e. The van der Waals surface area contributed by atoms with Gasteiger partial charge in [-0.25, -0.2) is 0 Å². The van der Waals surface area contributed by atoms with Gasteiger partial charge in [0.2, 0.25) is 0 Å². The number of carbonyl (C=O) groups is 1. The highest BCUT2D eigenvalue weighted by Gasteiger charge is 2.14. The molecule has 1 N–H and O–H groups in total. The number of rotatable bonds is 4. The van der Waals surface area contributed by atoms with Gasteiger partial charge in [0.05, 0.1) is 12.5 Å². The maximum absolute atomic E-state index is 11.7. The molecule has 0 amide bonds. The van der Waals surface area contributed by atoms with E-state index in [9.17, 15) is 9.90 Å². The lowest BCUT2D eigenvalue weighted by atomic mass is 10.1. The van der Waals surface area contributed by atoms with Gasteiger partial charge in [-0.05, 0) is 29.8 Å². The molecule has 0 saturated carbocycles. The van der Waals surface area contributed by atoms with Gasteiger partial charge >= 0.3 is 5.97 Å². The van der Waals surface area contributed by atoms with Crippen molar-refractivity contribution in [2.45, 2.75) is 12.5 Å². The quantitative estimate of drug-likeness (QED) is 0.688. The van der Waals surface area contributed by atoms with Crippen molar-refractivity contribution in [3.05, 3.63) is 65.2 Å². The van der Waals surface area contributed by atoms with Crippen molar-refractivity contribution in [3.63, 3.8) is 0 Å². The third-order valence-electron chi connectivity index (χ3n) is 2.59. The molecule has 98 valence electrons. The van der Waals surface area contributed by atoms with Crippen LogP contribution >= 0.6 is 11.6 Å². The third kappa shape index (κ3) is 4.09. The Balaban J connectivity index is 1.93. The first kappa shape index (κ1) is 13.6. The Kier molecular flexibility index (Phi) is 4.55. The van der Waals surface area contributed by atoms with E-state index in [-0.39, 0.29) is 6.42 Å². The van der Waals surface area contributed by atoms with Crippen molar-refractivity contribution >= 4 is 17.6 Å². The van der Waals surface area contributed by atoms with Gasteiger partial charge in [-0.15, -0.1) is 0 Å². The lowest BCUT2D eigenvalue weighted by molar-refractivity contribution is -0.136. The summed E-state index contributed by atoms with van der Waals surface area (Å²) in [6.45, 7) is 0. The third-order valence-corrected chi connectivity index (χ3v) is 2.84. The maximum atomic E-state index is 11.7. The summed E-state index contributed by atoms with van der Waals surface area (Å²) in [4.78, 5) is 11.7. The van der Waals surface area contributed by atoms with E-state index in [0.29, 0.717) is 16.3 Å². The Morgan fingerprint density at radius 2 is 1.74 bits per heavy atom. The molecule has 0 aliphatic heterocycles. The van der Waals surface area contributed by atoms with Gasteiger partial charge in [0.15, 0.2) is 0 Å². The van der Waals surface area contributed by atoms with Gasteiger partial charge in [0, 0.05) is 5.02 Å². The molecule has 2 rings (SSSR count). The average molecular weight is 277 g/mol. The van der Waals surface area contributed by atoms with Crippen LogP contribution in [0.5, 0.6) is 5.75 Å². The first-order valence-electron chi connectivity index (χ1n) is 5.84. The fraction of sp³-hybridized carbons (Fsp3) is 0.133. The Labute approximate surface area is 116 Å². The van der Waals surface area contributed by atoms with E-state index in [1.54, 1.807) is 48.5 Å². The van der Waals surface area contributed by atoms with Crippen molar-refractivity contribution in [1.82, 2.24) is 0 Å². The van der Waals surface area contributed by atoms with Crippen LogP contribution in [0.1, 0.15) is 18.1 Å². The van der Waals surface area contributed by atoms with E-state index in [1.165, 1.54) is 0 Å². The molecule has 0 aromatic heterocycles.